The first-order valence-corrected chi connectivity index (χ1v) is 11.1. The SMILES string of the molecule is CC(C)(C)c1ccc(-c2noc(CSc3cc(N4CCCCC4)ncn3)n2)cc1. The molecule has 0 spiro atoms. The Morgan fingerprint density at radius 3 is 2.52 bits per heavy atom. The summed E-state index contributed by atoms with van der Waals surface area (Å²) in [4.78, 5) is 15.7. The molecule has 1 aromatic carbocycles. The highest BCUT2D eigenvalue weighted by atomic mass is 32.2. The first-order chi connectivity index (χ1) is 14.0. The van der Waals surface area contributed by atoms with Gasteiger partial charge in [-0.15, -0.1) is 0 Å². The van der Waals surface area contributed by atoms with E-state index in [9.17, 15) is 0 Å². The maximum Gasteiger partial charge on any atom is 0.237 e. The molecule has 0 atom stereocenters. The number of thioether (sulfide) groups is 1. The van der Waals surface area contributed by atoms with E-state index in [2.05, 4.69) is 76.1 Å². The first kappa shape index (κ1) is 19.9. The molecule has 152 valence electrons. The normalized spacial score (nSPS) is 14.9. The summed E-state index contributed by atoms with van der Waals surface area (Å²) in [5, 5.41) is 5.07. The number of nitrogens with zero attached hydrogens (tertiary/aromatic N) is 5. The Morgan fingerprint density at radius 2 is 1.79 bits per heavy atom. The first-order valence-electron chi connectivity index (χ1n) is 10.1. The average Bonchev–Trinajstić information content (AvgIpc) is 3.22. The van der Waals surface area contributed by atoms with Crippen molar-refractivity contribution in [1.82, 2.24) is 20.1 Å². The van der Waals surface area contributed by atoms with Gasteiger partial charge in [-0.05, 0) is 30.2 Å². The molecule has 29 heavy (non-hydrogen) atoms. The molecule has 0 amide bonds. The van der Waals surface area contributed by atoms with Gasteiger partial charge in [-0.1, -0.05) is 62.0 Å². The minimum Gasteiger partial charge on any atom is -0.356 e. The number of hydrogen-bond donors (Lipinski definition) is 0. The highest BCUT2D eigenvalue weighted by Gasteiger charge is 2.16. The van der Waals surface area contributed by atoms with E-state index in [1.54, 1.807) is 18.1 Å². The van der Waals surface area contributed by atoms with Gasteiger partial charge in [-0.3, -0.25) is 0 Å². The highest BCUT2D eigenvalue weighted by Crippen LogP contribution is 2.27. The fourth-order valence-electron chi connectivity index (χ4n) is 3.39. The summed E-state index contributed by atoms with van der Waals surface area (Å²) in [7, 11) is 0. The van der Waals surface area contributed by atoms with Crippen molar-refractivity contribution >= 4 is 17.6 Å². The molecule has 0 bridgehead atoms. The Labute approximate surface area is 176 Å². The van der Waals surface area contributed by atoms with Crippen LogP contribution in [0.3, 0.4) is 0 Å². The molecule has 1 saturated heterocycles. The van der Waals surface area contributed by atoms with Crippen LogP contribution in [0.2, 0.25) is 0 Å². The van der Waals surface area contributed by atoms with E-state index in [1.807, 2.05) is 0 Å². The Hall–Kier alpha value is -2.41. The monoisotopic (exact) mass is 409 g/mol. The molecule has 0 radical (unpaired) electrons. The molecule has 1 aliphatic heterocycles. The lowest BCUT2D eigenvalue weighted by Gasteiger charge is -2.27. The number of rotatable bonds is 5. The topological polar surface area (TPSA) is 67.9 Å². The standard InChI is InChI=1S/C22H27N5OS/c1-22(2,3)17-9-7-16(8-10-17)21-25-19(28-26-21)14-29-20-13-18(23-15-24-20)27-11-5-4-6-12-27/h7-10,13,15H,4-6,11-12,14H2,1-3H3. The van der Waals surface area contributed by atoms with Gasteiger partial charge in [0.2, 0.25) is 11.7 Å². The number of aromatic nitrogens is 4. The molecule has 7 heteroatoms. The number of benzene rings is 1. The molecule has 0 aliphatic carbocycles. The van der Waals surface area contributed by atoms with E-state index in [1.165, 1.54) is 24.8 Å². The van der Waals surface area contributed by atoms with Crippen molar-refractivity contribution in [3.63, 3.8) is 0 Å². The molecule has 3 aromatic rings. The summed E-state index contributed by atoms with van der Waals surface area (Å²) in [5.74, 6) is 2.82. The van der Waals surface area contributed by atoms with Crippen LogP contribution < -0.4 is 4.90 Å². The van der Waals surface area contributed by atoms with Gasteiger partial charge >= 0.3 is 0 Å². The minimum atomic E-state index is 0.127. The predicted octanol–water partition coefficient (Wildman–Crippen LogP) is 5.11. The van der Waals surface area contributed by atoms with Crippen LogP contribution in [-0.2, 0) is 11.2 Å². The third-order valence-corrected chi connectivity index (χ3v) is 6.04. The zero-order valence-corrected chi connectivity index (χ0v) is 18.1. The van der Waals surface area contributed by atoms with E-state index in [4.69, 9.17) is 4.52 Å². The van der Waals surface area contributed by atoms with Crippen molar-refractivity contribution in [2.24, 2.45) is 0 Å². The van der Waals surface area contributed by atoms with Gasteiger partial charge in [0, 0.05) is 24.7 Å². The van der Waals surface area contributed by atoms with Gasteiger partial charge in [0.1, 0.15) is 17.2 Å². The molecule has 0 unspecified atom stereocenters. The molecule has 3 heterocycles. The van der Waals surface area contributed by atoms with Crippen LogP contribution in [0.5, 0.6) is 0 Å². The van der Waals surface area contributed by atoms with Crippen LogP contribution in [0.25, 0.3) is 11.4 Å². The third-order valence-electron chi connectivity index (χ3n) is 5.13. The number of piperidine rings is 1. The molecule has 0 N–H and O–H groups in total. The molecular formula is C22H27N5OS. The van der Waals surface area contributed by atoms with Crippen molar-refractivity contribution < 1.29 is 4.52 Å². The smallest absolute Gasteiger partial charge is 0.237 e. The van der Waals surface area contributed by atoms with Crippen LogP contribution in [-0.4, -0.2) is 33.2 Å². The summed E-state index contributed by atoms with van der Waals surface area (Å²) in [6.45, 7) is 8.75. The molecule has 6 nitrogen and oxygen atoms in total. The average molecular weight is 410 g/mol. The van der Waals surface area contributed by atoms with Crippen molar-refractivity contribution in [1.29, 1.82) is 0 Å². The highest BCUT2D eigenvalue weighted by molar-refractivity contribution is 7.98. The van der Waals surface area contributed by atoms with Gasteiger partial charge in [-0.2, -0.15) is 4.98 Å². The second-order valence-electron chi connectivity index (χ2n) is 8.39. The summed E-state index contributed by atoms with van der Waals surface area (Å²) in [5.41, 5.74) is 2.38. The Morgan fingerprint density at radius 1 is 1.03 bits per heavy atom. The molecule has 1 aliphatic rings. The van der Waals surface area contributed by atoms with E-state index in [0.29, 0.717) is 17.5 Å². The van der Waals surface area contributed by atoms with Gasteiger partial charge < -0.3 is 9.42 Å². The van der Waals surface area contributed by atoms with E-state index < -0.39 is 0 Å². The molecule has 1 fully saturated rings. The van der Waals surface area contributed by atoms with Crippen molar-refractivity contribution in [3.05, 3.63) is 48.1 Å². The lowest BCUT2D eigenvalue weighted by molar-refractivity contribution is 0.391. The summed E-state index contributed by atoms with van der Waals surface area (Å²) >= 11 is 1.59. The van der Waals surface area contributed by atoms with Gasteiger partial charge in [0.15, 0.2) is 0 Å². The van der Waals surface area contributed by atoms with Gasteiger partial charge in [-0.25, -0.2) is 9.97 Å². The van der Waals surface area contributed by atoms with Crippen molar-refractivity contribution in [2.75, 3.05) is 18.0 Å². The zero-order valence-electron chi connectivity index (χ0n) is 17.3. The fourth-order valence-corrected chi connectivity index (χ4v) is 4.09. The van der Waals surface area contributed by atoms with E-state index >= 15 is 0 Å². The van der Waals surface area contributed by atoms with Crippen LogP contribution in [0.1, 0.15) is 51.5 Å². The fraction of sp³-hybridized carbons (Fsp3) is 0.455. The second-order valence-corrected chi connectivity index (χ2v) is 9.39. The summed E-state index contributed by atoms with van der Waals surface area (Å²) in [6, 6.07) is 10.4. The quantitative estimate of drug-likeness (QED) is 0.428. The van der Waals surface area contributed by atoms with Crippen LogP contribution in [0.15, 0.2) is 46.2 Å². The maximum atomic E-state index is 5.45. The number of hydrogen-bond acceptors (Lipinski definition) is 7. The van der Waals surface area contributed by atoms with Crippen molar-refractivity contribution in [3.8, 4) is 11.4 Å². The van der Waals surface area contributed by atoms with Crippen LogP contribution in [0.4, 0.5) is 5.82 Å². The third kappa shape index (κ3) is 4.96. The van der Waals surface area contributed by atoms with Gasteiger partial charge in [0.05, 0.1) is 5.75 Å². The van der Waals surface area contributed by atoms with Crippen LogP contribution >= 0.6 is 11.8 Å². The second kappa shape index (κ2) is 8.53. The van der Waals surface area contributed by atoms with Crippen molar-refractivity contribution in [2.45, 2.75) is 56.2 Å². The Bertz CT molecular complexity index is 942. The molecule has 2 aromatic heterocycles. The van der Waals surface area contributed by atoms with E-state index in [0.717, 1.165) is 29.5 Å². The summed E-state index contributed by atoms with van der Waals surface area (Å²) in [6.07, 6.45) is 5.41. The Kier molecular flexibility index (Phi) is 5.85. The van der Waals surface area contributed by atoms with Crippen LogP contribution in [0, 0.1) is 0 Å². The van der Waals surface area contributed by atoms with E-state index in [-0.39, 0.29) is 5.41 Å². The molecule has 4 rings (SSSR count). The minimum absolute atomic E-state index is 0.127. The zero-order chi connectivity index (χ0) is 20.3. The largest absolute Gasteiger partial charge is 0.356 e. The molecular weight excluding hydrogens is 382 g/mol. The predicted molar refractivity (Wildman–Crippen MR) is 116 cm³/mol. The summed E-state index contributed by atoms with van der Waals surface area (Å²) < 4.78 is 5.45. The lowest BCUT2D eigenvalue weighted by atomic mass is 9.87. The molecule has 0 saturated carbocycles. The Balaban J connectivity index is 1.40. The van der Waals surface area contributed by atoms with Gasteiger partial charge in [0.25, 0.3) is 0 Å². The number of anilines is 1. The lowest BCUT2D eigenvalue weighted by Crippen LogP contribution is -2.30. The maximum absolute atomic E-state index is 5.45.